The summed E-state index contributed by atoms with van der Waals surface area (Å²) in [5.41, 5.74) is 9.05. The van der Waals surface area contributed by atoms with Gasteiger partial charge in [0.05, 0.1) is 0 Å². The van der Waals surface area contributed by atoms with Gasteiger partial charge in [-0.25, -0.2) is 0 Å². The third-order valence-electron chi connectivity index (χ3n) is 7.05. The lowest BCUT2D eigenvalue weighted by Gasteiger charge is -2.24. The van der Waals surface area contributed by atoms with Gasteiger partial charge in [0.2, 0.25) is 0 Å². The molecule has 0 aliphatic carbocycles. The summed E-state index contributed by atoms with van der Waals surface area (Å²) in [6.45, 7) is 10.1. The topological polar surface area (TPSA) is 31.1 Å². The first-order valence-corrected chi connectivity index (χ1v) is 12.7. The molecule has 0 fully saturated rings. The Morgan fingerprint density at radius 3 is 2.66 bits per heavy atom. The van der Waals surface area contributed by atoms with Gasteiger partial charge in [-0.3, -0.25) is 4.90 Å². The van der Waals surface area contributed by atoms with E-state index in [1.54, 1.807) is 0 Å². The predicted molar refractivity (Wildman–Crippen MR) is 150 cm³/mol. The Kier molecular flexibility index (Phi) is 7.15. The van der Waals surface area contributed by atoms with Crippen LogP contribution in [-0.2, 0) is 13.0 Å². The van der Waals surface area contributed by atoms with Crippen LogP contribution in [0.5, 0.6) is 0 Å². The van der Waals surface area contributed by atoms with Crippen molar-refractivity contribution in [3.05, 3.63) is 119 Å². The number of hydrogen-bond donors (Lipinski definition) is 2. The van der Waals surface area contributed by atoms with Gasteiger partial charge in [0.15, 0.2) is 0 Å². The number of allylic oxidation sites excluding steroid dienone is 2. The highest BCUT2D eigenvalue weighted by atomic mass is 15.1. The number of hydrogen-bond acceptors (Lipinski definition) is 2. The largest absolute Gasteiger partial charge is 0.384 e. The summed E-state index contributed by atoms with van der Waals surface area (Å²) in [4.78, 5) is 6.06. The number of fused-ring (bicyclic) bond motifs is 2. The Morgan fingerprint density at radius 2 is 1.80 bits per heavy atom. The van der Waals surface area contributed by atoms with Crippen molar-refractivity contribution in [1.29, 1.82) is 0 Å². The molecule has 0 bridgehead atoms. The lowest BCUT2D eigenvalue weighted by molar-refractivity contribution is 0.259. The molecule has 0 radical (unpaired) electrons. The number of para-hydroxylation sites is 2. The van der Waals surface area contributed by atoms with Crippen LogP contribution >= 0.6 is 0 Å². The van der Waals surface area contributed by atoms with Crippen LogP contribution in [0.15, 0.2) is 97.2 Å². The van der Waals surface area contributed by atoms with Crippen molar-refractivity contribution in [2.45, 2.75) is 32.2 Å². The standard InChI is InChI=1S/C32H35N3/c1-24(2)11-12-25-13-15-26(16-14-25)23-35(19-17-27-21-33-31-9-5-3-7-29(27)31)20-18-28-22-34-32-10-6-4-8-30(28)32/h3-16,21,28,33-34H,1,17-20,22-23H2,2H3/b12-11+. The first-order chi connectivity index (χ1) is 17.2. The third kappa shape index (κ3) is 5.75. The van der Waals surface area contributed by atoms with E-state index in [-0.39, 0.29) is 0 Å². The first-order valence-electron chi connectivity index (χ1n) is 12.7. The van der Waals surface area contributed by atoms with Crippen molar-refractivity contribution < 1.29 is 0 Å². The predicted octanol–water partition coefficient (Wildman–Crippen LogP) is 7.40. The molecule has 0 spiro atoms. The van der Waals surface area contributed by atoms with E-state index in [4.69, 9.17) is 0 Å². The second-order valence-electron chi connectivity index (χ2n) is 9.76. The zero-order valence-electron chi connectivity index (χ0n) is 20.6. The fourth-order valence-corrected chi connectivity index (χ4v) is 5.07. The number of nitrogens with one attached hydrogen (secondary N) is 2. The Balaban J connectivity index is 1.28. The summed E-state index contributed by atoms with van der Waals surface area (Å²) < 4.78 is 0. The molecule has 2 heterocycles. The molecule has 2 N–H and O–H groups in total. The van der Waals surface area contributed by atoms with Gasteiger partial charge in [-0.15, -0.1) is 0 Å². The molecule has 1 unspecified atom stereocenters. The zero-order chi connectivity index (χ0) is 24.0. The van der Waals surface area contributed by atoms with Gasteiger partial charge >= 0.3 is 0 Å². The summed E-state index contributed by atoms with van der Waals surface area (Å²) in [5, 5.41) is 4.93. The number of rotatable bonds is 10. The molecule has 178 valence electrons. The minimum Gasteiger partial charge on any atom is -0.384 e. The van der Waals surface area contributed by atoms with E-state index in [0.29, 0.717) is 5.92 Å². The summed E-state index contributed by atoms with van der Waals surface area (Å²) in [7, 11) is 0. The molecule has 4 aromatic rings. The van der Waals surface area contributed by atoms with Gasteiger partial charge < -0.3 is 10.3 Å². The van der Waals surface area contributed by atoms with Crippen molar-refractivity contribution in [2.24, 2.45) is 0 Å². The summed E-state index contributed by atoms with van der Waals surface area (Å²) in [5.74, 6) is 0.580. The number of benzene rings is 3. The molecule has 0 amide bonds. The van der Waals surface area contributed by atoms with Crippen LogP contribution < -0.4 is 5.32 Å². The number of aromatic nitrogens is 1. The highest BCUT2D eigenvalue weighted by Gasteiger charge is 2.22. The molecule has 1 aliphatic heterocycles. The van der Waals surface area contributed by atoms with Crippen molar-refractivity contribution in [1.82, 2.24) is 9.88 Å². The van der Waals surface area contributed by atoms with E-state index in [1.165, 1.54) is 38.8 Å². The highest BCUT2D eigenvalue weighted by molar-refractivity contribution is 5.83. The third-order valence-corrected chi connectivity index (χ3v) is 7.05. The first kappa shape index (κ1) is 23.2. The second kappa shape index (κ2) is 10.8. The van der Waals surface area contributed by atoms with Crippen molar-refractivity contribution >= 4 is 22.7 Å². The lowest BCUT2D eigenvalue weighted by atomic mass is 9.97. The van der Waals surface area contributed by atoms with Crippen LogP contribution in [0.4, 0.5) is 5.69 Å². The maximum Gasteiger partial charge on any atom is 0.0456 e. The minimum absolute atomic E-state index is 0.580. The molecule has 0 saturated carbocycles. The Bertz CT molecular complexity index is 1310. The van der Waals surface area contributed by atoms with Gasteiger partial charge in [0, 0.05) is 48.3 Å². The zero-order valence-corrected chi connectivity index (χ0v) is 20.6. The number of H-pyrrole nitrogens is 1. The lowest BCUT2D eigenvalue weighted by Crippen LogP contribution is -2.28. The Morgan fingerprint density at radius 1 is 1.00 bits per heavy atom. The van der Waals surface area contributed by atoms with E-state index in [0.717, 1.165) is 44.6 Å². The minimum atomic E-state index is 0.580. The fourth-order valence-electron chi connectivity index (χ4n) is 5.07. The van der Waals surface area contributed by atoms with E-state index >= 15 is 0 Å². The smallest absolute Gasteiger partial charge is 0.0456 e. The fraction of sp³-hybridized carbons (Fsp3) is 0.250. The second-order valence-corrected chi connectivity index (χ2v) is 9.76. The van der Waals surface area contributed by atoms with E-state index in [1.807, 2.05) is 6.92 Å². The number of aromatic amines is 1. The van der Waals surface area contributed by atoms with Gasteiger partial charge in [0.25, 0.3) is 0 Å². The molecule has 0 saturated heterocycles. The van der Waals surface area contributed by atoms with Crippen molar-refractivity contribution in [2.75, 3.05) is 25.0 Å². The number of anilines is 1. The summed E-state index contributed by atoms with van der Waals surface area (Å²) in [6.07, 6.45) is 8.59. The maximum absolute atomic E-state index is 3.95. The molecule has 3 nitrogen and oxygen atoms in total. The van der Waals surface area contributed by atoms with Crippen molar-refractivity contribution in [3.8, 4) is 0 Å². The molecule has 3 aromatic carbocycles. The average Bonchev–Trinajstić information content (AvgIpc) is 3.49. The van der Waals surface area contributed by atoms with Crippen molar-refractivity contribution in [3.63, 3.8) is 0 Å². The highest BCUT2D eigenvalue weighted by Crippen LogP contribution is 2.33. The Labute approximate surface area is 209 Å². The van der Waals surface area contributed by atoms with E-state index < -0.39 is 0 Å². The molecule has 1 aliphatic rings. The van der Waals surface area contributed by atoms with Gasteiger partial charge in [0.1, 0.15) is 0 Å². The van der Waals surface area contributed by atoms with Gasteiger partial charge in [-0.1, -0.05) is 85.0 Å². The molecular weight excluding hydrogens is 426 g/mol. The molecule has 35 heavy (non-hydrogen) atoms. The molecule has 1 atom stereocenters. The van der Waals surface area contributed by atoms with Gasteiger partial charge in [-0.05, 0) is 60.7 Å². The van der Waals surface area contributed by atoms with Crippen LogP contribution in [0.1, 0.15) is 41.5 Å². The molecule has 3 heteroatoms. The molecular formula is C32H35N3. The molecule has 5 rings (SSSR count). The monoisotopic (exact) mass is 461 g/mol. The quantitative estimate of drug-likeness (QED) is 0.241. The maximum atomic E-state index is 3.95. The summed E-state index contributed by atoms with van der Waals surface area (Å²) >= 11 is 0. The van der Waals surface area contributed by atoms with Crippen LogP contribution in [0.2, 0.25) is 0 Å². The SMILES string of the molecule is C=C(C)/C=C/c1ccc(CN(CCc2c[nH]c3ccccc23)CCC2CNc3ccccc32)cc1. The van der Waals surface area contributed by atoms with Gasteiger partial charge in [-0.2, -0.15) is 0 Å². The van der Waals surface area contributed by atoms with Crippen LogP contribution in [0.3, 0.4) is 0 Å². The average molecular weight is 462 g/mol. The van der Waals surface area contributed by atoms with E-state index in [9.17, 15) is 0 Å². The Hall–Kier alpha value is -3.56. The summed E-state index contributed by atoms with van der Waals surface area (Å²) in [6, 6.07) is 26.3. The normalized spacial score (nSPS) is 15.1. The number of nitrogens with zero attached hydrogens (tertiary/aromatic N) is 1. The van der Waals surface area contributed by atoms with Crippen LogP contribution in [0, 0.1) is 0 Å². The van der Waals surface area contributed by atoms with E-state index in [2.05, 4.69) is 113 Å². The molecule has 1 aromatic heterocycles. The van der Waals surface area contributed by atoms with Crippen LogP contribution in [-0.4, -0.2) is 29.5 Å². The van der Waals surface area contributed by atoms with Crippen LogP contribution in [0.25, 0.3) is 17.0 Å².